The number of anilines is 4. The van der Waals surface area contributed by atoms with Gasteiger partial charge in [-0.15, -0.1) is 0 Å². The molecule has 1 aliphatic rings. The van der Waals surface area contributed by atoms with Crippen LogP contribution in [0.1, 0.15) is 24.8 Å². The van der Waals surface area contributed by atoms with Gasteiger partial charge < -0.3 is 24.8 Å². The van der Waals surface area contributed by atoms with Crippen LogP contribution >= 0.6 is 0 Å². The van der Waals surface area contributed by atoms with Crippen molar-refractivity contribution in [3.05, 3.63) is 54.1 Å². The molecule has 1 aliphatic heterocycles. The van der Waals surface area contributed by atoms with Crippen LogP contribution < -0.4 is 25.1 Å². The lowest BCUT2D eigenvalue weighted by molar-refractivity contribution is -0.139. The molecular weight excluding hydrogens is 450 g/mol. The first kappa shape index (κ1) is 23.7. The molecule has 0 amide bonds. The second-order valence-corrected chi connectivity index (χ2v) is 7.78. The quantitative estimate of drug-likeness (QED) is 0.294. The van der Waals surface area contributed by atoms with Gasteiger partial charge >= 0.3 is 5.97 Å². The number of rotatable bonds is 10. The highest BCUT2D eigenvalue weighted by Gasteiger charge is 2.16. The van der Waals surface area contributed by atoms with Crippen LogP contribution in [0.3, 0.4) is 0 Å². The van der Waals surface area contributed by atoms with Crippen molar-refractivity contribution >= 4 is 35.7 Å². The van der Waals surface area contributed by atoms with Gasteiger partial charge in [0.2, 0.25) is 17.8 Å². The summed E-state index contributed by atoms with van der Waals surface area (Å²) >= 11 is 0. The predicted molar refractivity (Wildman–Crippen MR) is 133 cm³/mol. The molecule has 1 fully saturated rings. The molecule has 2 aromatic carbocycles. The van der Waals surface area contributed by atoms with Crippen molar-refractivity contribution < 1.29 is 19.4 Å². The predicted octanol–water partition coefficient (Wildman–Crippen LogP) is 3.52. The highest BCUT2D eigenvalue weighted by atomic mass is 16.5. The number of piperidine rings is 1. The molecule has 4 rings (SSSR count). The smallest absolute Gasteiger partial charge is 0.341 e. The Hall–Kier alpha value is -4.41. The Morgan fingerprint density at radius 2 is 1.83 bits per heavy atom. The highest BCUT2D eigenvalue weighted by molar-refractivity contribution is 5.81. The number of hydrogen-bond donors (Lipinski definition) is 3. The Morgan fingerprint density at radius 3 is 2.57 bits per heavy atom. The standard InChI is InChI=1S/C24H27N7O4/c1-34-20-14-17(10-11-19(20)35-16-21(32)33)15-25-30-23-27-22(26-18-8-4-2-5-9-18)28-24(29-23)31-12-6-3-7-13-31/h2,4-5,8-11,14-15H,3,6-7,12-13,16H2,1H3,(H,32,33)(H2,26,27,28,29,30)/b25-15+. The maximum Gasteiger partial charge on any atom is 0.341 e. The summed E-state index contributed by atoms with van der Waals surface area (Å²) in [5.74, 6) is 0.994. The van der Waals surface area contributed by atoms with Crippen LogP contribution in [0.2, 0.25) is 0 Å². The number of carboxylic acids is 1. The van der Waals surface area contributed by atoms with Gasteiger partial charge in [0.05, 0.1) is 13.3 Å². The normalized spacial score (nSPS) is 13.5. The number of hydrogen-bond acceptors (Lipinski definition) is 10. The van der Waals surface area contributed by atoms with Crippen LogP contribution in [0.4, 0.5) is 23.5 Å². The molecule has 1 aromatic heterocycles. The number of aliphatic carboxylic acids is 1. The van der Waals surface area contributed by atoms with Crippen molar-refractivity contribution in [3.63, 3.8) is 0 Å². The lowest BCUT2D eigenvalue weighted by Crippen LogP contribution is -2.31. The number of carbonyl (C=O) groups is 1. The largest absolute Gasteiger partial charge is 0.493 e. The van der Waals surface area contributed by atoms with E-state index in [9.17, 15) is 4.79 Å². The van der Waals surface area contributed by atoms with Crippen molar-refractivity contribution in [1.29, 1.82) is 0 Å². The van der Waals surface area contributed by atoms with Gasteiger partial charge in [0.25, 0.3) is 0 Å². The highest BCUT2D eigenvalue weighted by Crippen LogP contribution is 2.27. The molecule has 0 bridgehead atoms. The Kier molecular flexibility index (Phi) is 7.89. The maximum atomic E-state index is 10.7. The molecule has 0 aliphatic carbocycles. The molecule has 3 N–H and O–H groups in total. The van der Waals surface area contributed by atoms with E-state index >= 15 is 0 Å². The molecule has 0 atom stereocenters. The zero-order chi connectivity index (χ0) is 24.5. The SMILES string of the molecule is COc1cc(/C=N/Nc2nc(Nc3ccccc3)nc(N3CCCCC3)n2)ccc1OCC(=O)O. The fraction of sp³-hybridized carbons (Fsp3) is 0.292. The van der Waals surface area contributed by atoms with E-state index in [1.54, 1.807) is 24.4 Å². The average Bonchev–Trinajstić information content (AvgIpc) is 2.88. The number of para-hydroxylation sites is 1. The Labute approximate surface area is 202 Å². The summed E-state index contributed by atoms with van der Waals surface area (Å²) in [4.78, 5) is 26.5. The molecule has 35 heavy (non-hydrogen) atoms. The number of nitrogens with zero attached hydrogens (tertiary/aromatic N) is 5. The third-order valence-electron chi connectivity index (χ3n) is 5.21. The van der Waals surface area contributed by atoms with Gasteiger partial charge in [-0.2, -0.15) is 20.1 Å². The van der Waals surface area contributed by atoms with Gasteiger partial charge in [-0.3, -0.25) is 0 Å². The van der Waals surface area contributed by atoms with Gasteiger partial charge in [-0.05, 0) is 55.2 Å². The lowest BCUT2D eigenvalue weighted by atomic mass is 10.1. The van der Waals surface area contributed by atoms with Crippen molar-refractivity contribution in [3.8, 4) is 11.5 Å². The molecule has 0 saturated carbocycles. The summed E-state index contributed by atoms with van der Waals surface area (Å²) in [5.41, 5.74) is 4.47. The van der Waals surface area contributed by atoms with Crippen molar-refractivity contribution in [2.45, 2.75) is 19.3 Å². The molecule has 182 valence electrons. The van der Waals surface area contributed by atoms with Crippen molar-refractivity contribution in [2.75, 3.05) is 42.4 Å². The topological polar surface area (TPSA) is 134 Å². The first-order chi connectivity index (χ1) is 17.1. The molecule has 0 unspecified atom stereocenters. The van der Waals surface area contributed by atoms with Crippen LogP contribution in [-0.2, 0) is 4.79 Å². The molecule has 3 aromatic rings. The number of methoxy groups -OCH3 is 1. The van der Waals surface area contributed by atoms with Crippen molar-refractivity contribution in [2.24, 2.45) is 5.10 Å². The van der Waals surface area contributed by atoms with E-state index in [-0.39, 0.29) is 0 Å². The fourth-order valence-electron chi connectivity index (χ4n) is 3.54. The van der Waals surface area contributed by atoms with Crippen LogP contribution in [0.5, 0.6) is 11.5 Å². The van der Waals surface area contributed by atoms with Crippen LogP contribution in [0, 0.1) is 0 Å². The van der Waals surface area contributed by atoms with Crippen LogP contribution in [0.15, 0.2) is 53.6 Å². The summed E-state index contributed by atoms with van der Waals surface area (Å²) in [7, 11) is 1.48. The number of ether oxygens (including phenoxy) is 2. The monoisotopic (exact) mass is 477 g/mol. The minimum absolute atomic E-state index is 0.309. The van der Waals surface area contributed by atoms with Gasteiger partial charge in [-0.25, -0.2) is 10.2 Å². The Morgan fingerprint density at radius 1 is 1.06 bits per heavy atom. The van der Waals surface area contributed by atoms with E-state index in [2.05, 4.69) is 35.7 Å². The first-order valence-corrected chi connectivity index (χ1v) is 11.3. The van der Waals surface area contributed by atoms with Crippen LogP contribution in [-0.4, -0.2) is 59.0 Å². The molecular formula is C24H27N7O4. The fourth-order valence-corrected chi connectivity index (χ4v) is 3.54. The minimum atomic E-state index is -1.07. The van der Waals surface area contributed by atoms with Crippen LogP contribution in [0.25, 0.3) is 0 Å². The van der Waals surface area contributed by atoms with Gasteiger partial charge in [-0.1, -0.05) is 18.2 Å². The molecule has 11 nitrogen and oxygen atoms in total. The zero-order valence-corrected chi connectivity index (χ0v) is 19.3. The summed E-state index contributed by atoms with van der Waals surface area (Å²) in [6.07, 6.45) is 4.98. The van der Waals surface area contributed by atoms with Gasteiger partial charge in [0, 0.05) is 18.8 Å². The number of nitrogens with one attached hydrogen (secondary N) is 2. The van der Waals surface area contributed by atoms with Gasteiger partial charge in [0.1, 0.15) is 0 Å². The Balaban J connectivity index is 1.51. The first-order valence-electron chi connectivity index (χ1n) is 11.3. The van der Waals surface area contributed by atoms with E-state index in [0.717, 1.165) is 31.6 Å². The molecule has 1 saturated heterocycles. The lowest BCUT2D eigenvalue weighted by Gasteiger charge is -2.26. The number of hydrazone groups is 1. The molecule has 0 radical (unpaired) electrons. The number of aromatic nitrogens is 3. The second-order valence-electron chi connectivity index (χ2n) is 7.78. The summed E-state index contributed by atoms with van der Waals surface area (Å²) in [6, 6.07) is 14.7. The summed E-state index contributed by atoms with van der Waals surface area (Å²) in [5, 5.41) is 16.3. The maximum absolute atomic E-state index is 10.7. The van der Waals surface area contributed by atoms with E-state index in [1.165, 1.54) is 13.5 Å². The van der Waals surface area contributed by atoms with Crippen molar-refractivity contribution in [1.82, 2.24) is 15.0 Å². The number of carboxylic acid groups (broad SMARTS) is 1. The van der Waals surface area contributed by atoms with E-state index in [0.29, 0.717) is 34.9 Å². The molecule has 2 heterocycles. The Bertz CT molecular complexity index is 1170. The van der Waals surface area contributed by atoms with E-state index < -0.39 is 12.6 Å². The van der Waals surface area contributed by atoms with Gasteiger partial charge in [0.15, 0.2) is 18.1 Å². The second kappa shape index (κ2) is 11.6. The average molecular weight is 478 g/mol. The van der Waals surface area contributed by atoms with E-state index in [1.807, 2.05) is 30.3 Å². The van der Waals surface area contributed by atoms with E-state index in [4.69, 9.17) is 14.6 Å². The molecule has 11 heteroatoms. The third kappa shape index (κ3) is 6.79. The third-order valence-corrected chi connectivity index (χ3v) is 5.21. The minimum Gasteiger partial charge on any atom is -0.493 e. The summed E-state index contributed by atoms with van der Waals surface area (Å²) < 4.78 is 10.5. The molecule has 0 spiro atoms. The number of benzene rings is 2. The zero-order valence-electron chi connectivity index (χ0n) is 19.3. The summed E-state index contributed by atoms with van der Waals surface area (Å²) in [6.45, 7) is 1.34.